The van der Waals surface area contributed by atoms with Crippen molar-refractivity contribution in [2.45, 2.75) is 31.7 Å². The van der Waals surface area contributed by atoms with Crippen LogP contribution in [-0.2, 0) is 7.05 Å². The highest BCUT2D eigenvalue weighted by Gasteiger charge is 2.51. The molecular weight excluding hydrogens is 276 g/mol. The zero-order chi connectivity index (χ0) is 15.3. The van der Waals surface area contributed by atoms with Crippen LogP contribution in [0.4, 0.5) is 0 Å². The summed E-state index contributed by atoms with van der Waals surface area (Å²) in [4.78, 5) is 15.1. The third-order valence-corrected chi connectivity index (χ3v) is 5.82. The fraction of sp³-hybridized carbons (Fsp3) is 0.500. The van der Waals surface area contributed by atoms with Crippen LogP contribution in [0.3, 0.4) is 0 Å². The van der Waals surface area contributed by atoms with Crippen molar-refractivity contribution in [1.29, 1.82) is 0 Å². The molecule has 0 bridgehead atoms. The number of likely N-dealkylation sites (tertiary alicyclic amines) is 1. The van der Waals surface area contributed by atoms with Crippen LogP contribution in [0.1, 0.15) is 36.0 Å². The van der Waals surface area contributed by atoms with Crippen LogP contribution < -0.4 is 0 Å². The molecular formula is C18H22N2O2. The molecule has 2 aromatic rings. The Labute approximate surface area is 130 Å². The van der Waals surface area contributed by atoms with Gasteiger partial charge >= 0.3 is 0 Å². The molecule has 116 valence electrons. The van der Waals surface area contributed by atoms with E-state index in [1.807, 2.05) is 47.0 Å². The quantitative estimate of drug-likeness (QED) is 0.926. The number of hydrogen-bond donors (Lipinski definition) is 1. The number of aryl methyl sites for hydroxylation is 1. The largest absolute Gasteiger partial charge is 0.396 e. The van der Waals surface area contributed by atoms with Crippen molar-refractivity contribution in [3.8, 4) is 0 Å². The van der Waals surface area contributed by atoms with Crippen molar-refractivity contribution in [2.75, 3.05) is 13.2 Å². The van der Waals surface area contributed by atoms with Crippen LogP contribution in [-0.4, -0.2) is 39.7 Å². The van der Waals surface area contributed by atoms with Crippen molar-refractivity contribution in [1.82, 2.24) is 9.47 Å². The topological polar surface area (TPSA) is 45.5 Å². The van der Waals surface area contributed by atoms with Crippen molar-refractivity contribution >= 4 is 16.8 Å². The molecule has 1 aromatic heterocycles. The lowest BCUT2D eigenvalue weighted by atomic mass is 9.83. The van der Waals surface area contributed by atoms with Gasteiger partial charge in [-0.1, -0.05) is 12.5 Å². The van der Waals surface area contributed by atoms with Crippen LogP contribution in [0.5, 0.6) is 0 Å². The lowest BCUT2D eigenvalue weighted by Gasteiger charge is -2.30. The summed E-state index contributed by atoms with van der Waals surface area (Å²) >= 11 is 0. The Hall–Kier alpha value is -1.81. The Balaban J connectivity index is 1.72. The molecule has 1 N–H and O–H groups in total. The van der Waals surface area contributed by atoms with Gasteiger partial charge in [0.05, 0.1) is 6.61 Å². The molecule has 22 heavy (non-hydrogen) atoms. The summed E-state index contributed by atoms with van der Waals surface area (Å²) < 4.78 is 2.05. The SMILES string of the molecule is Cn1ccc2c(C(=O)N3CC[C@@]4(CO)CCC[C@@H]34)cccc21. The second kappa shape index (κ2) is 4.85. The van der Waals surface area contributed by atoms with Crippen LogP contribution in [0.15, 0.2) is 30.5 Å². The maximum atomic E-state index is 13.1. The summed E-state index contributed by atoms with van der Waals surface area (Å²) in [6.45, 7) is 0.976. The number of aliphatic hydroxyl groups excluding tert-OH is 1. The van der Waals surface area contributed by atoms with E-state index in [-0.39, 0.29) is 24.0 Å². The van der Waals surface area contributed by atoms with Gasteiger partial charge in [0.2, 0.25) is 0 Å². The average molecular weight is 298 g/mol. The highest BCUT2D eigenvalue weighted by atomic mass is 16.3. The number of amides is 1. The molecule has 2 fully saturated rings. The standard InChI is InChI=1S/C18H22N2O2/c1-19-10-7-13-14(4-2-5-15(13)19)17(22)20-11-9-18(12-21)8-3-6-16(18)20/h2,4-5,7,10,16,21H,3,6,8-9,11-12H2,1H3/t16-,18-/m1/s1. The Kier molecular flexibility index (Phi) is 3.05. The molecule has 4 heteroatoms. The van der Waals surface area contributed by atoms with Crippen molar-refractivity contribution < 1.29 is 9.90 Å². The van der Waals surface area contributed by atoms with E-state index in [9.17, 15) is 9.90 Å². The first kappa shape index (κ1) is 13.8. The summed E-state index contributed by atoms with van der Waals surface area (Å²) in [5.41, 5.74) is 1.84. The zero-order valence-electron chi connectivity index (χ0n) is 13.0. The molecule has 0 radical (unpaired) electrons. The molecule has 1 saturated carbocycles. The molecule has 1 amide bonds. The summed E-state index contributed by atoms with van der Waals surface area (Å²) in [6.07, 6.45) is 6.12. The number of nitrogens with zero attached hydrogens (tertiary/aromatic N) is 2. The van der Waals surface area contributed by atoms with Crippen molar-refractivity contribution in [3.05, 3.63) is 36.0 Å². The number of carbonyl (C=O) groups is 1. The van der Waals surface area contributed by atoms with Crippen molar-refractivity contribution in [3.63, 3.8) is 0 Å². The van der Waals surface area contributed by atoms with Crippen molar-refractivity contribution in [2.24, 2.45) is 12.5 Å². The second-order valence-electron chi connectivity index (χ2n) is 6.84. The number of rotatable bonds is 2. The summed E-state index contributed by atoms with van der Waals surface area (Å²) in [7, 11) is 2.00. The zero-order valence-corrected chi connectivity index (χ0v) is 13.0. The number of carbonyl (C=O) groups excluding carboxylic acids is 1. The predicted octanol–water partition coefficient (Wildman–Crippen LogP) is 2.56. The van der Waals surface area contributed by atoms with Gasteiger partial charge in [-0.15, -0.1) is 0 Å². The summed E-state index contributed by atoms with van der Waals surface area (Å²) in [5.74, 6) is 0.124. The lowest BCUT2D eigenvalue weighted by Crippen LogP contribution is -2.41. The van der Waals surface area contributed by atoms with Gasteiger partial charge in [0, 0.05) is 47.7 Å². The Morgan fingerprint density at radius 2 is 2.23 bits per heavy atom. The van der Waals surface area contributed by atoms with Gasteiger partial charge in [-0.2, -0.15) is 0 Å². The van der Waals surface area contributed by atoms with E-state index in [4.69, 9.17) is 0 Å². The van der Waals surface area contributed by atoms with Gasteiger partial charge in [0.15, 0.2) is 0 Å². The minimum Gasteiger partial charge on any atom is -0.396 e. The van der Waals surface area contributed by atoms with Gasteiger partial charge in [-0.3, -0.25) is 4.79 Å². The molecule has 1 aliphatic carbocycles. The molecule has 1 saturated heterocycles. The van der Waals surface area contributed by atoms with E-state index in [1.165, 1.54) is 0 Å². The smallest absolute Gasteiger partial charge is 0.254 e. The molecule has 0 unspecified atom stereocenters. The fourth-order valence-electron chi connectivity index (χ4n) is 4.55. The fourth-order valence-corrected chi connectivity index (χ4v) is 4.55. The van der Waals surface area contributed by atoms with Gasteiger partial charge in [0.1, 0.15) is 0 Å². The van der Waals surface area contributed by atoms with E-state index in [0.29, 0.717) is 0 Å². The van der Waals surface area contributed by atoms with Crippen LogP contribution in [0, 0.1) is 5.41 Å². The number of aliphatic hydroxyl groups is 1. The molecule has 1 aromatic carbocycles. The molecule has 2 atom stereocenters. The van der Waals surface area contributed by atoms with Gasteiger partial charge in [0.25, 0.3) is 5.91 Å². The van der Waals surface area contributed by atoms with E-state index in [1.54, 1.807) is 0 Å². The van der Waals surface area contributed by atoms with Gasteiger partial charge < -0.3 is 14.6 Å². The Morgan fingerprint density at radius 3 is 3.05 bits per heavy atom. The van der Waals surface area contributed by atoms with E-state index in [2.05, 4.69) is 0 Å². The third-order valence-electron chi connectivity index (χ3n) is 5.82. The Morgan fingerprint density at radius 1 is 1.36 bits per heavy atom. The summed E-state index contributed by atoms with van der Waals surface area (Å²) in [6, 6.07) is 8.16. The summed E-state index contributed by atoms with van der Waals surface area (Å²) in [5, 5.41) is 10.9. The maximum absolute atomic E-state index is 13.1. The molecule has 2 aliphatic rings. The number of benzene rings is 1. The van der Waals surface area contributed by atoms with E-state index in [0.717, 1.165) is 48.7 Å². The third kappa shape index (κ3) is 1.76. The van der Waals surface area contributed by atoms with E-state index >= 15 is 0 Å². The van der Waals surface area contributed by atoms with Gasteiger partial charge in [-0.05, 0) is 37.5 Å². The molecule has 2 heterocycles. The second-order valence-corrected chi connectivity index (χ2v) is 6.84. The predicted molar refractivity (Wildman–Crippen MR) is 85.7 cm³/mol. The first-order valence-electron chi connectivity index (χ1n) is 8.12. The normalized spacial score (nSPS) is 27.5. The van der Waals surface area contributed by atoms with E-state index < -0.39 is 0 Å². The average Bonchev–Trinajstić information content (AvgIpc) is 3.20. The van der Waals surface area contributed by atoms with Gasteiger partial charge in [-0.25, -0.2) is 0 Å². The molecule has 4 nitrogen and oxygen atoms in total. The highest BCUT2D eigenvalue weighted by Crippen LogP contribution is 2.48. The Bertz CT molecular complexity index is 736. The highest BCUT2D eigenvalue weighted by molar-refractivity contribution is 6.06. The number of hydrogen-bond acceptors (Lipinski definition) is 2. The monoisotopic (exact) mass is 298 g/mol. The molecule has 1 aliphatic heterocycles. The first-order valence-corrected chi connectivity index (χ1v) is 8.12. The maximum Gasteiger partial charge on any atom is 0.254 e. The minimum atomic E-state index is -0.0414. The first-order chi connectivity index (χ1) is 10.7. The van der Waals surface area contributed by atoms with Crippen LogP contribution in [0.2, 0.25) is 0 Å². The lowest BCUT2D eigenvalue weighted by molar-refractivity contribution is 0.0626. The van der Waals surface area contributed by atoms with Crippen LogP contribution in [0.25, 0.3) is 10.9 Å². The molecule has 0 spiro atoms. The number of aromatic nitrogens is 1. The number of fused-ring (bicyclic) bond motifs is 2. The minimum absolute atomic E-state index is 0.0414. The molecule has 4 rings (SSSR count). The van der Waals surface area contributed by atoms with Crippen LogP contribution >= 0.6 is 0 Å².